The van der Waals surface area contributed by atoms with Crippen molar-refractivity contribution in [1.82, 2.24) is 19.5 Å². The van der Waals surface area contributed by atoms with Gasteiger partial charge >= 0.3 is 0 Å². The number of rotatable bonds is 3. The van der Waals surface area contributed by atoms with Gasteiger partial charge in [0, 0.05) is 0 Å². The third-order valence-corrected chi connectivity index (χ3v) is 5.66. The number of hydrogen-bond acceptors (Lipinski definition) is 6. The van der Waals surface area contributed by atoms with Crippen LogP contribution in [0.25, 0.3) is 4.96 Å². The monoisotopic (exact) mass is 346 g/mol. The number of nitrogens with zero attached hydrogens (tertiary/aromatic N) is 4. The molecule has 1 fully saturated rings. The van der Waals surface area contributed by atoms with Gasteiger partial charge in [0.15, 0.2) is 0 Å². The predicted molar refractivity (Wildman–Crippen MR) is 92.6 cm³/mol. The molecule has 1 aliphatic rings. The zero-order chi connectivity index (χ0) is 16.7. The highest BCUT2D eigenvalue weighted by atomic mass is 32.1. The van der Waals surface area contributed by atoms with Gasteiger partial charge in [0.2, 0.25) is 10.8 Å². The van der Waals surface area contributed by atoms with E-state index in [0.717, 1.165) is 34.4 Å². The van der Waals surface area contributed by atoms with Crippen LogP contribution in [0.4, 0.5) is 0 Å². The van der Waals surface area contributed by atoms with Gasteiger partial charge < -0.3 is 9.52 Å². The minimum Gasteiger partial charge on any atom is -0.492 e. The molecule has 0 saturated carbocycles. The van der Waals surface area contributed by atoms with Crippen molar-refractivity contribution in [1.29, 1.82) is 0 Å². The van der Waals surface area contributed by atoms with E-state index < -0.39 is 0 Å². The fourth-order valence-electron chi connectivity index (χ4n) is 3.45. The summed E-state index contributed by atoms with van der Waals surface area (Å²) in [5.74, 6) is 2.62. The Kier molecular flexibility index (Phi) is 4.05. The summed E-state index contributed by atoms with van der Waals surface area (Å²) < 4.78 is 7.49. The van der Waals surface area contributed by atoms with Crippen LogP contribution in [0.2, 0.25) is 0 Å². The minimum absolute atomic E-state index is 0.0781. The van der Waals surface area contributed by atoms with Gasteiger partial charge in [-0.1, -0.05) is 24.2 Å². The Morgan fingerprint density at radius 1 is 1.17 bits per heavy atom. The zero-order valence-corrected chi connectivity index (χ0v) is 14.8. The lowest BCUT2D eigenvalue weighted by atomic mass is 10.1. The Balaban J connectivity index is 1.81. The maximum atomic E-state index is 10.7. The smallest absolute Gasteiger partial charge is 0.230 e. The van der Waals surface area contributed by atoms with E-state index >= 15 is 0 Å². The fraction of sp³-hybridized carbons (Fsp3) is 0.529. The summed E-state index contributed by atoms with van der Waals surface area (Å²) in [6.07, 6.45) is 4.88. The molecular formula is C17H22N4O2S. The second kappa shape index (κ2) is 6.22. The Hall–Kier alpha value is -1.86. The lowest BCUT2D eigenvalue weighted by molar-refractivity contribution is 0.207. The maximum Gasteiger partial charge on any atom is 0.230 e. The molecule has 0 bridgehead atoms. The van der Waals surface area contributed by atoms with Crippen LogP contribution in [0.15, 0.2) is 16.5 Å². The summed E-state index contributed by atoms with van der Waals surface area (Å²) >= 11 is 1.50. The average Bonchev–Trinajstić information content (AvgIpc) is 3.12. The highest BCUT2D eigenvalue weighted by Gasteiger charge is 2.31. The second-order valence-electron chi connectivity index (χ2n) is 6.44. The topological polar surface area (TPSA) is 66.8 Å². The number of furan rings is 1. The highest BCUT2D eigenvalue weighted by molar-refractivity contribution is 7.17. The van der Waals surface area contributed by atoms with Gasteiger partial charge in [-0.15, -0.1) is 5.10 Å². The molecule has 1 N–H and O–H groups in total. The lowest BCUT2D eigenvalue weighted by Crippen LogP contribution is -2.30. The van der Waals surface area contributed by atoms with Crippen LogP contribution in [-0.4, -0.2) is 37.7 Å². The van der Waals surface area contributed by atoms with Crippen LogP contribution < -0.4 is 0 Å². The molecule has 3 aromatic rings. The molecule has 4 rings (SSSR count). The molecule has 0 radical (unpaired) electrons. The second-order valence-corrected chi connectivity index (χ2v) is 7.45. The Bertz CT molecular complexity index is 842. The van der Waals surface area contributed by atoms with E-state index in [-0.39, 0.29) is 11.9 Å². The van der Waals surface area contributed by atoms with E-state index in [1.807, 2.05) is 26.0 Å². The molecule has 7 heteroatoms. The summed E-state index contributed by atoms with van der Waals surface area (Å²) in [6, 6.07) is 3.93. The normalized spacial score (nSPS) is 18.1. The number of hydrogen-bond donors (Lipinski definition) is 1. The molecular weight excluding hydrogens is 324 g/mol. The van der Waals surface area contributed by atoms with Crippen molar-refractivity contribution < 1.29 is 9.52 Å². The number of fused-ring (bicyclic) bond motifs is 1. The average molecular weight is 346 g/mol. The van der Waals surface area contributed by atoms with E-state index in [4.69, 9.17) is 4.42 Å². The fourth-order valence-corrected chi connectivity index (χ4v) is 4.60. The summed E-state index contributed by atoms with van der Waals surface area (Å²) in [6.45, 7) is 5.81. The van der Waals surface area contributed by atoms with Crippen LogP contribution in [0.1, 0.15) is 53.9 Å². The Morgan fingerprint density at radius 2 is 1.92 bits per heavy atom. The Labute approximate surface area is 144 Å². The van der Waals surface area contributed by atoms with Crippen LogP contribution in [-0.2, 0) is 0 Å². The first kappa shape index (κ1) is 15.7. The molecule has 3 aromatic heterocycles. The van der Waals surface area contributed by atoms with E-state index in [1.165, 1.54) is 41.5 Å². The van der Waals surface area contributed by atoms with Gasteiger partial charge in [-0.25, -0.2) is 4.98 Å². The number of aromatic nitrogens is 3. The van der Waals surface area contributed by atoms with Crippen molar-refractivity contribution in [2.24, 2.45) is 0 Å². The number of aryl methyl sites for hydroxylation is 2. The lowest BCUT2D eigenvalue weighted by Gasteiger charge is -2.28. The molecule has 1 atom stereocenters. The molecule has 0 aliphatic carbocycles. The Morgan fingerprint density at radius 3 is 2.54 bits per heavy atom. The van der Waals surface area contributed by atoms with E-state index in [0.29, 0.717) is 5.82 Å². The quantitative estimate of drug-likeness (QED) is 0.784. The number of thiazole rings is 1. The summed E-state index contributed by atoms with van der Waals surface area (Å²) in [7, 11) is 0. The van der Waals surface area contributed by atoms with Gasteiger partial charge in [0.05, 0.1) is 4.88 Å². The molecule has 128 valence electrons. The molecule has 4 heterocycles. The minimum atomic E-state index is -0.0781. The molecule has 24 heavy (non-hydrogen) atoms. The van der Waals surface area contributed by atoms with Crippen LogP contribution in [0, 0.1) is 13.8 Å². The van der Waals surface area contributed by atoms with Gasteiger partial charge in [-0.3, -0.25) is 4.90 Å². The van der Waals surface area contributed by atoms with Crippen LogP contribution in [0.3, 0.4) is 0 Å². The highest BCUT2D eigenvalue weighted by Crippen LogP contribution is 2.41. The SMILES string of the molecule is Cc1nc2sc([C@H](c3ccc(C)o3)N3CCCCCC3)c(O)n2n1. The van der Waals surface area contributed by atoms with Crippen molar-refractivity contribution in [3.8, 4) is 5.88 Å². The van der Waals surface area contributed by atoms with Gasteiger partial charge in [0.1, 0.15) is 23.4 Å². The molecule has 1 saturated heterocycles. The van der Waals surface area contributed by atoms with E-state index in [2.05, 4.69) is 15.0 Å². The van der Waals surface area contributed by atoms with Crippen molar-refractivity contribution in [3.05, 3.63) is 34.4 Å². The summed E-state index contributed by atoms with van der Waals surface area (Å²) in [5, 5.41) is 15.0. The standard InChI is InChI=1S/C17H22N4O2S/c1-11-7-8-13(23-11)14(20-9-5-3-4-6-10-20)15-16(22)21-17(24-15)18-12(2)19-21/h7-8,14,22H,3-6,9-10H2,1-2H3/t14-/m0/s1. The van der Waals surface area contributed by atoms with Crippen molar-refractivity contribution >= 4 is 16.3 Å². The first-order valence-corrected chi connectivity index (χ1v) is 9.30. The molecule has 0 aromatic carbocycles. The molecule has 6 nitrogen and oxygen atoms in total. The number of aromatic hydroxyl groups is 1. The van der Waals surface area contributed by atoms with Crippen LogP contribution >= 0.6 is 11.3 Å². The summed E-state index contributed by atoms with van der Waals surface area (Å²) in [5.41, 5.74) is 0. The van der Waals surface area contributed by atoms with Gasteiger partial charge in [0.25, 0.3) is 0 Å². The summed E-state index contributed by atoms with van der Waals surface area (Å²) in [4.78, 5) is 8.41. The molecule has 0 unspecified atom stereocenters. The third kappa shape index (κ3) is 2.71. The van der Waals surface area contributed by atoms with Crippen molar-refractivity contribution in [2.75, 3.05) is 13.1 Å². The molecule has 0 amide bonds. The van der Waals surface area contributed by atoms with Crippen LogP contribution in [0.5, 0.6) is 5.88 Å². The number of likely N-dealkylation sites (tertiary alicyclic amines) is 1. The maximum absolute atomic E-state index is 10.7. The largest absolute Gasteiger partial charge is 0.492 e. The predicted octanol–water partition coefficient (Wildman–Crippen LogP) is 3.67. The van der Waals surface area contributed by atoms with Crippen molar-refractivity contribution in [2.45, 2.75) is 45.6 Å². The molecule has 1 aliphatic heterocycles. The third-order valence-electron chi connectivity index (χ3n) is 4.59. The van der Waals surface area contributed by atoms with Gasteiger partial charge in [-0.2, -0.15) is 4.52 Å². The first-order valence-electron chi connectivity index (χ1n) is 8.49. The zero-order valence-electron chi connectivity index (χ0n) is 14.0. The first-order chi connectivity index (χ1) is 11.6. The van der Waals surface area contributed by atoms with E-state index in [1.54, 1.807) is 0 Å². The van der Waals surface area contributed by atoms with E-state index in [9.17, 15) is 5.11 Å². The van der Waals surface area contributed by atoms with Crippen molar-refractivity contribution in [3.63, 3.8) is 0 Å². The van der Waals surface area contributed by atoms with Gasteiger partial charge in [-0.05, 0) is 51.9 Å². The molecule has 0 spiro atoms.